The molecule has 2 amide bonds. The van der Waals surface area contributed by atoms with Crippen LogP contribution in [0.4, 0.5) is 0 Å². The maximum atomic E-state index is 12.5. The van der Waals surface area contributed by atoms with Crippen LogP contribution in [0.15, 0.2) is 48.8 Å². The highest BCUT2D eigenvalue weighted by molar-refractivity contribution is 6.30. The molecule has 2 aromatic rings. The fourth-order valence-electron chi connectivity index (χ4n) is 2.55. The summed E-state index contributed by atoms with van der Waals surface area (Å²) in [5.74, 6) is -0.186. The number of hydrogen-bond donors (Lipinski definition) is 2. The molecule has 138 valence electrons. The lowest BCUT2D eigenvalue weighted by Gasteiger charge is -2.20. The number of pyridine rings is 1. The Morgan fingerprint density at radius 1 is 1.15 bits per heavy atom. The third-order valence-corrected chi connectivity index (χ3v) is 4.12. The minimum Gasteiger partial charge on any atom is -0.354 e. The molecule has 0 aliphatic carbocycles. The second kappa shape index (κ2) is 9.92. The van der Waals surface area contributed by atoms with Crippen LogP contribution < -0.4 is 10.6 Å². The quantitative estimate of drug-likeness (QED) is 0.746. The van der Waals surface area contributed by atoms with Gasteiger partial charge in [0.1, 0.15) is 6.04 Å². The van der Waals surface area contributed by atoms with E-state index < -0.39 is 6.04 Å². The molecule has 1 aromatic heterocycles. The molecule has 6 heteroatoms. The lowest BCUT2D eigenvalue weighted by Crippen LogP contribution is -2.47. The van der Waals surface area contributed by atoms with E-state index in [1.807, 2.05) is 26.0 Å². The summed E-state index contributed by atoms with van der Waals surface area (Å²) in [7, 11) is 0. The number of carbonyl (C=O) groups is 2. The van der Waals surface area contributed by atoms with Crippen LogP contribution in [-0.4, -0.2) is 29.4 Å². The molecule has 1 aromatic carbocycles. The first-order valence-electron chi connectivity index (χ1n) is 8.68. The van der Waals surface area contributed by atoms with Gasteiger partial charge in [0, 0.05) is 29.5 Å². The number of aromatic nitrogens is 1. The van der Waals surface area contributed by atoms with E-state index in [2.05, 4.69) is 15.6 Å². The van der Waals surface area contributed by atoms with Crippen LogP contribution in [0.25, 0.3) is 0 Å². The standard InChI is InChI=1S/C20H24ClN3O2/c1-14(2)12-18(24-19(25)16-5-7-17(21)8-6-16)20(26)23-11-9-15-4-3-10-22-13-15/h3-8,10,13-14,18H,9,11-12H2,1-2H3,(H,23,26)(H,24,25). The van der Waals surface area contributed by atoms with Crippen molar-refractivity contribution in [1.29, 1.82) is 0 Å². The van der Waals surface area contributed by atoms with Gasteiger partial charge in [0.2, 0.25) is 5.91 Å². The predicted octanol–water partition coefficient (Wildman–Crippen LogP) is 3.24. The number of nitrogens with zero attached hydrogens (tertiary/aromatic N) is 1. The number of carbonyl (C=O) groups excluding carboxylic acids is 2. The normalized spacial score (nSPS) is 11.8. The lowest BCUT2D eigenvalue weighted by molar-refractivity contribution is -0.123. The summed E-state index contributed by atoms with van der Waals surface area (Å²) < 4.78 is 0. The lowest BCUT2D eigenvalue weighted by atomic mass is 10.0. The summed E-state index contributed by atoms with van der Waals surface area (Å²) in [5.41, 5.74) is 1.53. The Morgan fingerprint density at radius 2 is 1.88 bits per heavy atom. The smallest absolute Gasteiger partial charge is 0.251 e. The first-order valence-corrected chi connectivity index (χ1v) is 9.06. The van der Waals surface area contributed by atoms with Crippen molar-refractivity contribution in [3.63, 3.8) is 0 Å². The molecule has 26 heavy (non-hydrogen) atoms. The van der Waals surface area contributed by atoms with Crippen molar-refractivity contribution in [2.24, 2.45) is 5.92 Å². The number of amides is 2. The maximum absolute atomic E-state index is 12.5. The fourth-order valence-corrected chi connectivity index (χ4v) is 2.67. The number of benzene rings is 1. The van der Waals surface area contributed by atoms with E-state index in [9.17, 15) is 9.59 Å². The molecule has 0 aliphatic rings. The van der Waals surface area contributed by atoms with Crippen molar-refractivity contribution in [2.75, 3.05) is 6.54 Å². The second-order valence-electron chi connectivity index (χ2n) is 6.56. The van der Waals surface area contributed by atoms with E-state index >= 15 is 0 Å². The Hall–Kier alpha value is -2.40. The molecule has 0 fully saturated rings. The van der Waals surface area contributed by atoms with Gasteiger partial charge >= 0.3 is 0 Å². The summed E-state index contributed by atoms with van der Waals surface area (Å²) in [4.78, 5) is 29.0. The summed E-state index contributed by atoms with van der Waals surface area (Å²) >= 11 is 5.85. The number of halogens is 1. The van der Waals surface area contributed by atoms with E-state index in [1.54, 1.807) is 36.7 Å². The van der Waals surface area contributed by atoms with Crippen LogP contribution in [0.5, 0.6) is 0 Å². The van der Waals surface area contributed by atoms with Crippen LogP contribution in [0.2, 0.25) is 5.02 Å². The molecule has 0 saturated carbocycles. The first-order chi connectivity index (χ1) is 12.5. The Kier molecular flexibility index (Phi) is 7.60. The van der Waals surface area contributed by atoms with Crippen LogP contribution >= 0.6 is 11.6 Å². The molecule has 0 radical (unpaired) electrons. The van der Waals surface area contributed by atoms with Gasteiger partial charge < -0.3 is 10.6 Å². The van der Waals surface area contributed by atoms with E-state index in [0.29, 0.717) is 30.0 Å². The van der Waals surface area contributed by atoms with Gasteiger partial charge in [-0.1, -0.05) is 31.5 Å². The Bertz CT molecular complexity index is 718. The molecule has 1 heterocycles. The van der Waals surface area contributed by atoms with Crippen LogP contribution in [0.1, 0.15) is 36.2 Å². The molecular weight excluding hydrogens is 350 g/mol. The molecule has 0 bridgehead atoms. The van der Waals surface area contributed by atoms with Crippen molar-refractivity contribution in [2.45, 2.75) is 32.7 Å². The molecule has 5 nitrogen and oxygen atoms in total. The van der Waals surface area contributed by atoms with Gasteiger partial charge in [0.25, 0.3) is 5.91 Å². The average molecular weight is 374 g/mol. The minimum absolute atomic E-state index is 0.176. The average Bonchev–Trinajstić information content (AvgIpc) is 2.62. The third-order valence-electron chi connectivity index (χ3n) is 3.87. The van der Waals surface area contributed by atoms with Gasteiger partial charge in [0.15, 0.2) is 0 Å². The largest absolute Gasteiger partial charge is 0.354 e. The third kappa shape index (κ3) is 6.48. The zero-order valence-electron chi connectivity index (χ0n) is 15.0. The van der Waals surface area contributed by atoms with Crippen molar-refractivity contribution >= 4 is 23.4 Å². The topological polar surface area (TPSA) is 71.1 Å². The highest BCUT2D eigenvalue weighted by Gasteiger charge is 2.22. The Labute approximate surface area is 159 Å². The summed E-state index contributed by atoms with van der Waals surface area (Å²) in [6.45, 7) is 4.53. The highest BCUT2D eigenvalue weighted by Crippen LogP contribution is 2.11. The molecule has 2 rings (SSSR count). The van der Waals surface area contributed by atoms with Crippen LogP contribution in [0.3, 0.4) is 0 Å². The van der Waals surface area contributed by atoms with Gasteiger partial charge in [0.05, 0.1) is 0 Å². The molecule has 0 saturated heterocycles. The van der Waals surface area contributed by atoms with Gasteiger partial charge in [-0.2, -0.15) is 0 Å². The van der Waals surface area contributed by atoms with Crippen molar-refractivity contribution in [3.05, 3.63) is 64.9 Å². The number of hydrogen-bond acceptors (Lipinski definition) is 3. The van der Waals surface area contributed by atoms with Crippen LogP contribution in [-0.2, 0) is 11.2 Å². The Balaban J connectivity index is 1.93. The molecular formula is C20H24ClN3O2. The summed E-state index contributed by atoms with van der Waals surface area (Å²) in [6, 6.07) is 9.85. The van der Waals surface area contributed by atoms with Gasteiger partial charge in [-0.3, -0.25) is 14.6 Å². The highest BCUT2D eigenvalue weighted by atomic mass is 35.5. The van der Waals surface area contributed by atoms with Gasteiger partial charge in [-0.15, -0.1) is 0 Å². The molecule has 0 aliphatic heterocycles. The monoisotopic (exact) mass is 373 g/mol. The molecule has 0 spiro atoms. The van der Waals surface area contributed by atoms with Crippen LogP contribution in [0, 0.1) is 5.92 Å². The minimum atomic E-state index is -0.577. The van der Waals surface area contributed by atoms with Crippen molar-refractivity contribution in [3.8, 4) is 0 Å². The number of nitrogens with one attached hydrogen (secondary N) is 2. The maximum Gasteiger partial charge on any atom is 0.251 e. The second-order valence-corrected chi connectivity index (χ2v) is 7.00. The first kappa shape index (κ1) is 19.9. The van der Waals surface area contributed by atoms with E-state index in [1.165, 1.54) is 0 Å². The predicted molar refractivity (Wildman–Crippen MR) is 103 cm³/mol. The number of rotatable bonds is 8. The molecule has 1 unspecified atom stereocenters. The van der Waals surface area contributed by atoms with Gasteiger partial charge in [-0.05, 0) is 54.7 Å². The summed E-state index contributed by atoms with van der Waals surface area (Å²) in [5, 5.41) is 6.29. The zero-order chi connectivity index (χ0) is 18.9. The van der Waals surface area contributed by atoms with Crippen molar-refractivity contribution < 1.29 is 9.59 Å². The SMILES string of the molecule is CC(C)CC(NC(=O)c1ccc(Cl)cc1)C(=O)NCCc1cccnc1. The van der Waals surface area contributed by atoms with E-state index in [4.69, 9.17) is 11.6 Å². The van der Waals surface area contributed by atoms with Gasteiger partial charge in [-0.25, -0.2) is 0 Å². The fraction of sp³-hybridized carbons (Fsp3) is 0.350. The van der Waals surface area contributed by atoms with Crippen molar-refractivity contribution in [1.82, 2.24) is 15.6 Å². The van der Waals surface area contributed by atoms with E-state index in [-0.39, 0.29) is 17.7 Å². The van der Waals surface area contributed by atoms with E-state index in [0.717, 1.165) is 5.56 Å². The molecule has 2 N–H and O–H groups in total. The summed E-state index contributed by atoms with van der Waals surface area (Å²) in [6.07, 6.45) is 4.75. The zero-order valence-corrected chi connectivity index (χ0v) is 15.8. The Morgan fingerprint density at radius 3 is 2.50 bits per heavy atom. The molecule has 1 atom stereocenters.